The Morgan fingerprint density at radius 3 is 2.63 bits per heavy atom. The van der Waals surface area contributed by atoms with Crippen LogP contribution in [0.4, 0.5) is 17.3 Å². The Labute approximate surface area is 113 Å². The molecule has 0 radical (unpaired) electrons. The molecule has 0 aliphatic rings. The van der Waals surface area contributed by atoms with E-state index in [0.717, 1.165) is 35.2 Å². The number of nitrogens with zero attached hydrogens (tertiary/aromatic N) is 1. The van der Waals surface area contributed by atoms with Crippen LogP contribution in [0.3, 0.4) is 0 Å². The molecule has 0 saturated carbocycles. The summed E-state index contributed by atoms with van der Waals surface area (Å²) in [6, 6.07) is 11.8. The Balaban J connectivity index is 2.18. The van der Waals surface area contributed by atoms with E-state index in [1.807, 2.05) is 43.3 Å². The van der Waals surface area contributed by atoms with Gasteiger partial charge in [0, 0.05) is 12.2 Å². The van der Waals surface area contributed by atoms with Crippen molar-refractivity contribution in [2.75, 3.05) is 24.3 Å². The lowest BCUT2D eigenvalue weighted by Gasteiger charge is -2.11. The van der Waals surface area contributed by atoms with Crippen LogP contribution in [0.25, 0.3) is 0 Å². The zero-order valence-corrected chi connectivity index (χ0v) is 11.5. The number of ether oxygens (including phenoxy) is 1. The van der Waals surface area contributed by atoms with Crippen molar-refractivity contribution >= 4 is 17.3 Å². The Morgan fingerprint density at radius 2 is 1.95 bits per heavy atom. The predicted molar refractivity (Wildman–Crippen MR) is 79.4 cm³/mol. The Hall–Kier alpha value is -2.23. The van der Waals surface area contributed by atoms with E-state index >= 15 is 0 Å². The third-order valence-electron chi connectivity index (χ3n) is 2.80. The van der Waals surface area contributed by atoms with Gasteiger partial charge < -0.3 is 15.4 Å². The molecule has 100 valence electrons. The van der Waals surface area contributed by atoms with Gasteiger partial charge in [-0.2, -0.15) is 0 Å². The number of nitrogens with one attached hydrogen (secondary N) is 2. The molecule has 4 heteroatoms. The fourth-order valence-electron chi connectivity index (χ4n) is 1.83. The van der Waals surface area contributed by atoms with Gasteiger partial charge in [-0.05, 0) is 49.7 Å². The van der Waals surface area contributed by atoms with Gasteiger partial charge in [0.05, 0.1) is 7.11 Å². The van der Waals surface area contributed by atoms with E-state index in [1.165, 1.54) is 0 Å². The van der Waals surface area contributed by atoms with Crippen LogP contribution in [0.15, 0.2) is 36.4 Å². The molecule has 2 aromatic rings. The first-order chi connectivity index (χ1) is 9.22. The topological polar surface area (TPSA) is 46.2 Å². The maximum absolute atomic E-state index is 5.20. The lowest BCUT2D eigenvalue weighted by atomic mass is 10.2. The highest BCUT2D eigenvalue weighted by atomic mass is 16.5. The van der Waals surface area contributed by atoms with Crippen molar-refractivity contribution in [3.63, 3.8) is 0 Å². The lowest BCUT2D eigenvalue weighted by molar-refractivity contribution is 0.414. The van der Waals surface area contributed by atoms with Crippen LogP contribution in [0.1, 0.15) is 12.5 Å². The van der Waals surface area contributed by atoms with E-state index in [4.69, 9.17) is 4.74 Å². The van der Waals surface area contributed by atoms with Crippen LogP contribution in [0.2, 0.25) is 0 Å². The van der Waals surface area contributed by atoms with Crippen LogP contribution < -0.4 is 15.4 Å². The first kappa shape index (κ1) is 13.2. The smallest absolute Gasteiger partial charge is 0.132 e. The summed E-state index contributed by atoms with van der Waals surface area (Å²) in [5.41, 5.74) is 2.15. The van der Waals surface area contributed by atoms with E-state index in [0.29, 0.717) is 0 Å². The van der Waals surface area contributed by atoms with Gasteiger partial charge in [-0.15, -0.1) is 0 Å². The SMILES string of the molecule is CCNc1cccc(Nc2ccc(OC)cc2C)n1. The fraction of sp³-hybridized carbons (Fsp3) is 0.267. The molecular formula is C15H19N3O. The van der Waals surface area contributed by atoms with Crippen molar-refractivity contribution in [1.29, 1.82) is 0 Å². The summed E-state index contributed by atoms with van der Waals surface area (Å²) in [5.74, 6) is 2.56. The highest BCUT2D eigenvalue weighted by Gasteiger charge is 2.02. The molecule has 0 amide bonds. The first-order valence-electron chi connectivity index (χ1n) is 6.35. The molecule has 1 aromatic heterocycles. The minimum absolute atomic E-state index is 0.826. The maximum Gasteiger partial charge on any atom is 0.132 e. The molecule has 0 saturated heterocycles. The van der Waals surface area contributed by atoms with Crippen LogP contribution in [-0.2, 0) is 0 Å². The van der Waals surface area contributed by atoms with Crippen LogP contribution >= 0.6 is 0 Å². The second kappa shape index (κ2) is 6.09. The van der Waals surface area contributed by atoms with Gasteiger partial charge in [0.2, 0.25) is 0 Å². The molecule has 0 aliphatic heterocycles. The average Bonchev–Trinajstić information content (AvgIpc) is 2.42. The van der Waals surface area contributed by atoms with E-state index in [9.17, 15) is 0 Å². The summed E-state index contributed by atoms with van der Waals surface area (Å²) in [6.07, 6.45) is 0. The van der Waals surface area contributed by atoms with E-state index < -0.39 is 0 Å². The van der Waals surface area contributed by atoms with Crippen LogP contribution in [0.5, 0.6) is 5.75 Å². The van der Waals surface area contributed by atoms with Gasteiger partial charge in [0.1, 0.15) is 17.4 Å². The number of benzene rings is 1. The van der Waals surface area contributed by atoms with Gasteiger partial charge in [0.15, 0.2) is 0 Å². The Kier molecular flexibility index (Phi) is 4.23. The molecule has 1 aromatic carbocycles. The molecule has 2 N–H and O–H groups in total. The lowest BCUT2D eigenvalue weighted by Crippen LogP contribution is -2.01. The quantitative estimate of drug-likeness (QED) is 0.859. The molecule has 0 fully saturated rings. The minimum atomic E-state index is 0.826. The van der Waals surface area contributed by atoms with Gasteiger partial charge in [-0.1, -0.05) is 6.07 Å². The van der Waals surface area contributed by atoms with Crippen molar-refractivity contribution in [2.24, 2.45) is 0 Å². The normalized spacial score (nSPS) is 10.1. The number of rotatable bonds is 5. The van der Waals surface area contributed by atoms with Gasteiger partial charge in [-0.25, -0.2) is 4.98 Å². The molecule has 0 unspecified atom stereocenters. The summed E-state index contributed by atoms with van der Waals surface area (Å²) in [7, 11) is 1.67. The van der Waals surface area contributed by atoms with Crippen molar-refractivity contribution in [1.82, 2.24) is 4.98 Å². The third kappa shape index (κ3) is 3.37. The van der Waals surface area contributed by atoms with Gasteiger partial charge >= 0.3 is 0 Å². The first-order valence-corrected chi connectivity index (χ1v) is 6.35. The van der Waals surface area contributed by atoms with Crippen molar-refractivity contribution in [3.05, 3.63) is 42.0 Å². The summed E-state index contributed by atoms with van der Waals surface area (Å²) >= 11 is 0. The summed E-state index contributed by atoms with van der Waals surface area (Å²) in [5, 5.41) is 6.51. The van der Waals surface area contributed by atoms with E-state index in [1.54, 1.807) is 7.11 Å². The molecule has 0 bridgehead atoms. The summed E-state index contributed by atoms with van der Waals surface area (Å²) in [6.45, 7) is 4.95. The largest absolute Gasteiger partial charge is 0.497 e. The second-order valence-electron chi connectivity index (χ2n) is 4.24. The minimum Gasteiger partial charge on any atom is -0.497 e. The molecule has 0 spiro atoms. The van der Waals surface area contributed by atoms with Crippen LogP contribution in [0, 0.1) is 6.92 Å². The number of aryl methyl sites for hydroxylation is 1. The number of methoxy groups -OCH3 is 1. The highest BCUT2D eigenvalue weighted by Crippen LogP contribution is 2.24. The predicted octanol–water partition coefficient (Wildman–Crippen LogP) is 3.57. The maximum atomic E-state index is 5.20. The third-order valence-corrected chi connectivity index (χ3v) is 2.80. The number of pyridine rings is 1. The van der Waals surface area contributed by atoms with Crippen molar-refractivity contribution < 1.29 is 4.74 Å². The average molecular weight is 257 g/mol. The summed E-state index contributed by atoms with van der Waals surface area (Å²) in [4.78, 5) is 4.49. The molecule has 2 rings (SSSR count). The van der Waals surface area contributed by atoms with Gasteiger partial charge in [-0.3, -0.25) is 0 Å². The number of aromatic nitrogens is 1. The molecule has 1 heterocycles. The second-order valence-corrected chi connectivity index (χ2v) is 4.24. The number of hydrogen-bond donors (Lipinski definition) is 2. The summed E-state index contributed by atoms with van der Waals surface area (Å²) < 4.78 is 5.20. The molecule has 19 heavy (non-hydrogen) atoms. The molecule has 4 nitrogen and oxygen atoms in total. The Bertz CT molecular complexity index is 555. The zero-order chi connectivity index (χ0) is 13.7. The standard InChI is InChI=1S/C15H19N3O/c1-4-16-14-6-5-7-15(18-14)17-13-9-8-12(19-3)10-11(13)2/h5-10H,4H2,1-3H3,(H2,16,17,18). The Morgan fingerprint density at radius 1 is 1.16 bits per heavy atom. The van der Waals surface area contributed by atoms with Crippen molar-refractivity contribution in [2.45, 2.75) is 13.8 Å². The van der Waals surface area contributed by atoms with E-state index in [2.05, 4.69) is 22.5 Å². The van der Waals surface area contributed by atoms with Crippen LogP contribution in [-0.4, -0.2) is 18.6 Å². The highest BCUT2D eigenvalue weighted by molar-refractivity contribution is 5.62. The fourth-order valence-corrected chi connectivity index (χ4v) is 1.83. The van der Waals surface area contributed by atoms with Gasteiger partial charge in [0.25, 0.3) is 0 Å². The number of hydrogen-bond acceptors (Lipinski definition) is 4. The zero-order valence-electron chi connectivity index (χ0n) is 11.5. The molecular weight excluding hydrogens is 238 g/mol. The molecule has 0 aliphatic carbocycles. The van der Waals surface area contributed by atoms with E-state index in [-0.39, 0.29) is 0 Å². The number of anilines is 3. The van der Waals surface area contributed by atoms with Crippen molar-refractivity contribution in [3.8, 4) is 5.75 Å². The molecule has 0 atom stereocenters. The monoisotopic (exact) mass is 257 g/mol.